The second-order valence-electron chi connectivity index (χ2n) is 7.34. The first-order valence-electron chi connectivity index (χ1n) is 9.00. The summed E-state index contributed by atoms with van der Waals surface area (Å²) in [6.07, 6.45) is -2.84. The Kier molecular flexibility index (Phi) is 7.06. The van der Waals surface area contributed by atoms with E-state index in [9.17, 15) is 18.0 Å². The highest BCUT2D eigenvalue weighted by Gasteiger charge is 2.31. The molecular weight excluding hydrogens is 343 g/mol. The largest absolute Gasteiger partial charge is 0.416 e. The van der Waals surface area contributed by atoms with Crippen molar-refractivity contribution in [3.05, 3.63) is 35.4 Å². The molecule has 0 saturated carbocycles. The van der Waals surface area contributed by atoms with Gasteiger partial charge in [-0.25, -0.2) is 0 Å². The van der Waals surface area contributed by atoms with Crippen LogP contribution in [-0.4, -0.2) is 55.5 Å². The van der Waals surface area contributed by atoms with Crippen molar-refractivity contribution in [3.63, 3.8) is 0 Å². The molecule has 1 saturated heterocycles. The van der Waals surface area contributed by atoms with E-state index in [1.54, 1.807) is 11.0 Å². The average molecular weight is 371 g/mol. The number of amides is 1. The number of benzene rings is 1. The van der Waals surface area contributed by atoms with Gasteiger partial charge in [-0.2, -0.15) is 13.2 Å². The van der Waals surface area contributed by atoms with E-state index in [0.29, 0.717) is 18.7 Å². The predicted octanol–water partition coefficient (Wildman–Crippen LogP) is 2.98. The summed E-state index contributed by atoms with van der Waals surface area (Å²) in [7, 11) is 3.83. The summed E-state index contributed by atoms with van der Waals surface area (Å²) in [6.45, 7) is 4.22. The molecule has 0 bridgehead atoms. The quantitative estimate of drug-likeness (QED) is 0.835. The molecule has 2 rings (SSSR count). The predicted molar refractivity (Wildman–Crippen MR) is 95.6 cm³/mol. The Labute approximate surface area is 153 Å². The lowest BCUT2D eigenvalue weighted by atomic mass is 9.91. The van der Waals surface area contributed by atoms with E-state index < -0.39 is 11.7 Å². The van der Waals surface area contributed by atoms with Gasteiger partial charge in [-0.1, -0.05) is 12.1 Å². The van der Waals surface area contributed by atoms with Crippen LogP contribution in [-0.2, 0) is 17.5 Å². The van der Waals surface area contributed by atoms with E-state index in [2.05, 4.69) is 12.2 Å². The molecule has 0 aliphatic carbocycles. The number of rotatable bonds is 6. The van der Waals surface area contributed by atoms with Gasteiger partial charge in [0.15, 0.2) is 0 Å². The molecule has 0 aromatic heterocycles. The van der Waals surface area contributed by atoms with E-state index in [4.69, 9.17) is 0 Å². The topological polar surface area (TPSA) is 35.6 Å². The molecule has 1 fully saturated rings. The minimum atomic E-state index is -4.38. The fourth-order valence-electron chi connectivity index (χ4n) is 3.27. The third-order valence-electron chi connectivity index (χ3n) is 4.73. The molecule has 1 aromatic rings. The van der Waals surface area contributed by atoms with Crippen LogP contribution in [0.25, 0.3) is 0 Å². The third-order valence-corrected chi connectivity index (χ3v) is 4.73. The molecule has 7 heteroatoms. The Bertz CT molecular complexity index is 604. The molecular formula is C19H28F3N3O. The van der Waals surface area contributed by atoms with E-state index in [-0.39, 0.29) is 24.4 Å². The number of nitrogens with one attached hydrogen (secondary N) is 1. The highest BCUT2D eigenvalue weighted by molar-refractivity contribution is 5.79. The number of halogens is 3. The smallest absolute Gasteiger partial charge is 0.337 e. The Morgan fingerprint density at radius 1 is 1.27 bits per heavy atom. The van der Waals surface area contributed by atoms with Crippen LogP contribution in [0.2, 0.25) is 0 Å². The first-order valence-corrected chi connectivity index (χ1v) is 9.00. The molecule has 1 heterocycles. The van der Waals surface area contributed by atoms with Crippen LogP contribution >= 0.6 is 0 Å². The van der Waals surface area contributed by atoms with Gasteiger partial charge in [-0.3, -0.25) is 4.79 Å². The maximum Gasteiger partial charge on any atom is 0.416 e. The molecule has 4 nitrogen and oxygen atoms in total. The van der Waals surface area contributed by atoms with Gasteiger partial charge in [0, 0.05) is 31.6 Å². The normalized spacial score (nSPS) is 21.0. The molecule has 0 radical (unpaired) electrons. The SMILES string of the molecule is C[C@H]1C[C@@H](C(=O)N(CCN(C)C)Cc2cccc(C(F)(F)F)c2)CCN1. The van der Waals surface area contributed by atoms with Crippen molar-refractivity contribution >= 4 is 5.91 Å². The molecule has 1 amide bonds. The lowest BCUT2D eigenvalue weighted by molar-refractivity contribution is -0.137. The maximum atomic E-state index is 13.0. The summed E-state index contributed by atoms with van der Waals surface area (Å²) in [6, 6.07) is 5.53. The number of hydrogen-bond donors (Lipinski definition) is 1. The number of carbonyl (C=O) groups is 1. The molecule has 0 spiro atoms. The van der Waals surface area contributed by atoms with E-state index >= 15 is 0 Å². The fraction of sp³-hybridized carbons (Fsp3) is 0.632. The lowest BCUT2D eigenvalue weighted by Crippen LogP contribution is -2.45. The minimum absolute atomic E-state index is 0.0395. The highest BCUT2D eigenvalue weighted by Crippen LogP contribution is 2.30. The van der Waals surface area contributed by atoms with Crippen LogP contribution in [0.5, 0.6) is 0 Å². The third kappa shape index (κ3) is 5.99. The summed E-state index contributed by atoms with van der Waals surface area (Å²) in [5.41, 5.74) is -0.167. The summed E-state index contributed by atoms with van der Waals surface area (Å²) in [5, 5.41) is 3.33. The zero-order valence-electron chi connectivity index (χ0n) is 15.6. The summed E-state index contributed by atoms with van der Waals surface area (Å²) in [5.74, 6) is -0.0307. The van der Waals surface area contributed by atoms with Gasteiger partial charge in [0.2, 0.25) is 5.91 Å². The van der Waals surface area contributed by atoms with Crippen LogP contribution in [0, 0.1) is 5.92 Å². The number of nitrogens with zero attached hydrogens (tertiary/aromatic N) is 2. The number of alkyl halides is 3. The van der Waals surface area contributed by atoms with Crippen molar-refractivity contribution in [1.82, 2.24) is 15.1 Å². The Morgan fingerprint density at radius 3 is 2.62 bits per heavy atom. The van der Waals surface area contributed by atoms with Gasteiger partial charge in [0.05, 0.1) is 5.56 Å². The Morgan fingerprint density at radius 2 is 2.00 bits per heavy atom. The van der Waals surface area contributed by atoms with Crippen molar-refractivity contribution in [2.75, 3.05) is 33.7 Å². The molecule has 0 unspecified atom stereocenters. The van der Waals surface area contributed by atoms with E-state index in [1.807, 2.05) is 19.0 Å². The average Bonchev–Trinajstić information content (AvgIpc) is 2.57. The van der Waals surface area contributed by atoms with Crippen LogP contribution in [0.4, 0.5) is 13.2 Å². The first-order chi connectivity index (χ1) is 12.2. The van der Waals surface area contributed by atoms with Crippen LogP contribution in [0.15, 0.2) is 24.3 Å². The van der Waals surface area contributed by atoms with Crippen molar-refractivity contribution in [3.8, 4) is 0 Å². The zero-order valence-corrected chi connectivity index (χ0v) is 15.6. The second kappa shape index (κ2) is 8.86. The number of likely N-dealkylation sites (N-methyl/N-ethyl adjacent to an activating group) is 1. The van der Waals surface area contributed by atoms with Crippen molar-refractivity contribution in [2.24, 2.45) is 5.92 Å². The second-order valence-corrected chi connectivity index (χ2v) is 7.34. The van der Waals surface area contributed by atoms with E-state index in [0.717, 1.165) is 31.5 Å². The van der Waals surface area contributed by atoms with Crippen LogP contribution in [0.3, 0.4) is 0 Å². The zero-order chi connectivity index (χ0) is 19.3. The first kappa shape index (κ1) is 20.7. The van der Waals surface area contributed by atoms with Gasteiger partial charge in [0.25, 0.3) is 0 Å². The number of carbonyl (C=O) groups excluding carboxylic acids is 1. The summed E-state index contributed by atoms with van der Waals surface area (Å²) in [4.78, 5) is 16.7. The van der Waals surface area contributed by atoms with Gasteiger partial charge >= 0.3 is 6.18 Å². The Balaban J connectivity index is 2.15. The van der Waals surface area contributed by atoms with Gasteiger partial charge in [0.1, 0.15) is 0 Å². The number of hydrogen-bond acceptors (Lipinski definition) is 3. The molecule has 2 atom stereocenters. The minimum Gasteiger partial charge on any atom is -0.337 e. The van der Waals surface area contributed by atoms with Crippen molar-refractivity contribution < 1.29 is 18.0 Å². The molecule has 1 aromatic carbocycles. The van der Waals surface area contributed by atoms with Gasteiger partial charge in [-0.05, 0) is 58.1 Å². The molecule has 26 heavy (non-hydrogen) atoms. The molecule has 146 valence electrons. The molecule has 1 aliphatic rings. The van der Waals surface area contributed by atoms with Gasteiger partial charge in [-0.15, -0.1) is 0 Å². The summed E-state index contributed by atoms with van der Waals surface area (Å²) >= 11 is 0. The monoisotopic (exact) mass is 371 g/mol. The molecule has 1 aliphatic heterocycles. The van der Waals surface area contributed by atoms with Crippen molar-refractivity contribution in [2.45, 2.75) is 38.5 Å². The number of piperidine rings is 1. The summed E-state index contributed by atoms with van der Waals surface area (Å²) < 4.78 is 38.9. The lowest BCUT2D eigenvalue weighted by Gasteiger charge is -2.33. The maximum absolute atomic E-state index is 13.0. The molecule has 1 N–H and O–H groups in total. The van der Waals surface area contributed by atoms with Gasteiger partial charge < -0.3 is 15.1 Å². The highest BCUT2D eigenvalue weighted by atomic mass is 19.4. The van der Waals surface area contributed by atoms with Crippen molar-refractivity contribution in [1.29, 1.82) is 0 Å². The fourth-order valence-corrected chi connectivity index (χ4v) is 3.27. The standard InChI is InChI=1S/C19H28F3N3O/c1-14-11-16(7-8-23-14)18(26)25(10-9-24(2)3)13-15-5-4-6-17(12-15)19(20,21)22/h4-6,12,14,16,23H,7-11,13H2,1-3H3/t14-,16-/m0/s1. The van der Waals surface area contributed by atoms with Crippen LogP contribution in [0.1, 0.15) is 30.9 Å². The van der Waals surface area contributed by atoms with Crippen LogP contribution < -0.4 is 5.32 Å². The Hall–Kier alpha value is -1.60. The van der Waals surface area contributed by atoms with E-state index in [1.165, 1.54) is 6.07 Å².